The fourth-order valence-electron chi connectivity index (χ4n) is 2.49. The first-order valence-electron chi connectivity index (χ1n) is 8.22. The molecular weight excluding hydrogens is 378 g/mol. The van der Waals surface area contributed by atoms with E-state index in [9.17, 15) is 4.79 Å². The van der Waals surface area contributed by atoms with Gasteiger partial charge in [-0.25, -0.2) is 0 Å². The topological polar surface area (TPSA) is 64.1 Å². The number of aromatic nitrogens is 2. The molecule has 0 saturated heterocycles. The summed E-state index contributed by atoms with van der Waals surface area (Å²) in [6.07, 6.45) is 0. The largest absolute Gasteiger partial charge is 0.488 e. The Labute approximate surface area is 164 Å². The molecule has 0 saturated carbocycles. The van der Waals surface area contributed by atoms with Gasteiger partial charge in [0.05, 0.1) is 0 Å². The minimum Gasteiger partial charge on any atom is -0.488 e. The molecule has 27 heavy (non-hydrogen) atoms. The molecule has 1 amide bonds. The molecule has 0 fully saturated rings. The van der Waals surface area contributed by atoms with Crippen molar-refractivity contribution in [2.45, 2.75) is 6.61 Å². The Morgan fingerprint density at radius 2 is 1.96 bits per heavy atom. The fourth-order valence-corrected chi connectivity index (χ4v) is 3.58. The highest BCUT2D eigenvalue weighted by molar-refractivity contribution is 7.09. The molecule has 4 rings (SSSR count). The number of hydrogen-bond acceptors (Lipinski definition) is 6. The predicted molar refractivity (Wildman–Crippen MR) is 108 cm³/mol. The van der Waals surface area contributed by atoms with E-state index < -0.39 is 0 Å². The summed E-state index contributed by atoms with van der Waals surface area (Å²) in [6, 6.07) is 18.7. The first kappa shape index (κ1) is 17.4. The van der Waals surface area contributed by atoms with Gasteiger partial charge < -0.3 is 10.1 Å². The quantitative estimate of drug-likeness (QED) is 0.495. The third kappa shape index (κ3) is 4.39. The van der Waals surface area contributed by atoms with Gasteiger partial charge in [-0.2, -0.15) is 0 Å². The van der Waals surface area contributed by atoms with Crippen LogP contribution in [0.2, 0.25) is 0 Å². The van der Waals surface area contributed by atoms with E-state index in [1.807, 2.05) is 59.3 Å². The minimum absolute atomic E-state index is 0.181. The number of thiophene rings is 1. The normalized spacial score (nSPS) is 10.5. The van der Waals surface area contributed by atoms with Gasteiger partial charge in [0.2, 0.25) is 0 Å². The molecule has 134 valence electrons. The molecule has 0 spiro atoms. The van der Waals surface area contributed by atoms with Crippen molar-refractivity contribution >= 4 is 34.5 Å². The Bertz CT molecular complexity index is 1010. The van der Waals surface area contributed by atoms with Crippen LogP contribution in [0.5, 0.6) is 5.75 Å². The number of nitrogens with one attached hydrogen (secondary N) is 1. The number of carbonyl (C=O) groups is 1. The lowest BCUT2D eigenvalue weighted by Crippen LogP contribution is -2.11. The van der Waals surface area contributed by atoms with Crippen LogP contribution in [0.3, 0.4) is 0 Å². The van der Waals surface area contributed by atoms with E-state index in [0.717, 1.165) is 21.8 Å². The first-order chi connectivity index (χ1) is 13.3. The van der Waals surface area contributed by atoms with Crippen LogP contribution in [0, 0.1) is 0 Å². The molecule has 1 N–H and O–H groups in total. The van der Waals surface area contributed by atoms with Crippen LogP contribution < -0.4 is 10.1 Å². The van der Waals surface area contributed by atoms with Crippen molar-refractivity contribution in [1.29, 1.82) is 0 Å². The van der Waals surface area contributed by atoms with Crippen LogP contribution in [0.1, 0.15) is 15.2 Å². The number of nitrogens with zero attached hydrogens (tertiary/aromatic N) is 2. The number of hydrogen-bond donors (Lipinski definition) is 1. The summed E-state index contributed by atoms with van der Waals surface area (Å²) in [7, 11) is 0. The van der Waals surface area contributed by atoms with Gasteiger partial charge >= 0.3 is 0 Å². The summed E-state index contributed by atoms with van der Waals surface area (Å²) in [4.78, 5) is 13.7. The maximum absolute atomic E-state index is 12.5. The Balaban J connectivity index is 1.41. The highest BCUT2D eigenvalue weighted by Gasteiger charge is 2.08. The summed E-state index contributed by atoms with van der Waals surface area (Å²) in [6.45, 7) is 0.496. The van der Waals surface area contributed by atoms with Gasteiger partial charge in [0.1, 0.15) is 18.1 Å². The van der Waals surface area contributed by atoms with Gasteiger partial charge in [0.15, 0.2) is 0 Å². The molecule has 0 unspecified atom stereocenters. The highest BCUT2D eigenvalue weighted by atomic mass is 32.1. The van der Waals surface area contributed by atoms with E-state index in [-0.39, 0.29) is 5.91 Å². The molecule has 4 aromatic rings. The number of benzene rings is 2. The standard InChI is InChI=1S/C20H15N3O2S2/c24-20(21-16-8-6-14(7-9-16)19-13-27-23-22-19)15-3-1-4-17(11-15)25-12-18-5-2-10-26-18/h1-11,13H,12H2,(H,21,24). The van der Waals surface area contributed by atoms with Crippen molar-refractivity contribution in [3.8, 4) is 17.0 Å². The van der Waals surface area contributed by atoms with E-state index in [0.29, 0.717) is 17.9 Å². The molecule has 2 aromatic heterocycles. The Morgan fingerprint density at radius 3 is 2.70 bits per heavy atom. The zero-order valence-electron chi connectivity index (χ0n) is 14.2. The van der Waals surface area contributed by atoms with Crippen LogP contribution in [0.15, 0.2) is 71.4 Å². The third-order valence-corrected chi connectivity index (χ3v) is 5.21. The number of rotatable bonds is 6. The predicted octanol–water partition coefficient (Wildman–Crippen LogP) is 5.10. The zero-order chi connectivity index (χ0) is 18.5. The molecule has 0 radical (unpaired) electrons. The van der Waals surface area contributed by atoms with Crippen molar-refractivity contribution in [2.24, 2.45) is 0 Å². The monoisotopic (exact) mass is 393 g/mol. The number of amides is 1. The van der Waals surface area contributed by atoms with Gasteiger partial charge in [-0.3, -0.25) is 4.79 Å². The molecular formula is C20H15N3O2S2. The number of anilines is 1. The van der Waals surface area contributed by atoms with Gasteiger partial charge in [0, 0.05) is 27.1 Å². The smallest absolute Gasteiger partial charge is 0.255 e. The van der Waals surface area contributed by atoms with E-state index >= 15 is 0 Å². The first-order valence-corrected chi connectivity index (χ1v) is 9.94. The number of ether oxygens (including phenoxy) is 1. The van der Waals surface area contributed by atoms with Crippen LogP contribution in [-0.4, -0.2) is 15.5 Å². The van der Waals surface area contributed by atoms with Crippen LogP contribution >= 0.6 is 22.9 Å². The molecule has 7 heteroatoms. The van der Waals surface area contributed by atoms with E-state index in [2.05, 4.69) is 14.9 Å². The van der Waals surface area contributed by atoms with Crippen LogP contribution in [0.4, 0.5) is 5.69 Å². The summed E-state index contributed by atoms with van der Waals surface area (Å²) in [5, 5.41) is 10.8. The Hall–Kier alpha value is -3.03. The fraction of sp³-hybridized carbons (Fsp3) is 0.0500. The third-order valence-electron chi connectivity index (χ3n) is 3.86. The van der Waals surface area contributed by atoms with E-state index in [1.54, 1.807) is 23.5 Å². The van der Waals surface area contributed by atoms with Crippen molar-refractivity contribution in [3.05, 3.63) is 81.9 Å². The van der Waals surface area contributed by atoms with Crippen LogP contribution in [0.25, 0.3) is 11.3 Å². The summed E-state index contributed by atoms with van der Waals surface area (Å²) in [5.74, 6) is 0.488. The van der Waals surface area contributed by atoms with Crippen molar-refractivity contribution in [3.63, 3.8) is 0 Å². The number of carbonyl (C=O) groups excluding carboxylic acids is 1. The lowest BCUT2D eigenvalue weighted by Gasteiger charge is -2.08. The summed E-state index contributed by atoms with van der Waals surface area (Å²) in [5.41, 5.74) is 3.06. The SMILES string of the molecule is O=C(Nc1ccc(-c2csnn2)cc1)c1cccc(OCc2cccs2)c1. The van der Waals surface area contributed by atoms with Gasteiger partial charge in [-0.15, -0.1) is 16.4 Å². The lowest BCUT2D eigenvalue weighted by atomic mass is 10.1. The molecule has 0 aliphatic carbocycles. The maximum atomic E-state index is 12.5. The minimum atomic E-state index is -0.181. The van der Waals surface area contributed by atoms with Gasteiger partial charge in [-0.1, -0.05) is 28.8 Å². The van der Waals surface area contributed by atoms with E-state index in [1.165, 1.54) is 11.5 Å². The average Bonchev–Trinajstić information content (AvgIpc) is 3.41. The van der Waals surface area contributed by atoms with E-state index in [4.69, 9.17) is 4.74 Å². The molecule has 0 atom stereocenters. The van der Waals surface area contributed by atoms with Gasteiger partial charge in [0.25, 0.3) is 5.91 Å². The molecule has 0 aliphatic rings. The maximum Gasteiger partial charge on any atom is 0.255 e. The lowest BCUT2D eigenvalue weighted by molar-refractivity contribution is 0.102. The molecule has 2 aromatic carbocycles. The highest BCUT2D eigenvalue weighted by Crippen LogP contribution is 2.21. The Kier molecular flexibility index (Phi) is 5.22. The summed E-state index contributed by atoms with van der Waals surface area (Å²) >= 11 is 2.95. The van der Waals surface area contributed by atoms with Crippen molar-refractivity contribution in [1.82, 2.24) is 9.59 Å². The molecule has 0 bridgehead atoms. The van der Waals surface area contributed by atoms with Crippen molar-refractivity contribution in [2.75, 3.05) is 5.32 Å². The zero-order valence-corrected chi connectivity index (χ0v) is 15.8. The summed E-state index contributed by atoms with van der Waals surface area (Å²) < 4.78 is 9.63. The van der Waals surface area contributed by atoms with Crippen molar-refractivity contribution < 1.29 is 9.53 Å². The average molecular weight is 393 g/mol. The molecule has 2 heterocycles. The second-order valence-corrected chi connectivity index (χ2v) is 7.36. The van der Waals surface area contributed by atoms with Gasteiger partial charge in [-0.05, 0) is 53.3 Å². The second-order valence-electron chi connectivity index (χ2n) is 5.72. The van der Waals surface area contributed by atoms with Crippen LogP contribution in [-0.2, 0) is 6.61 Å². The Morgan fingerprint density at radius 1 is 1.07 bits per heavy atom. The molecule has 5 nitrogen and oxygen atoms in total. The second kappa shape index (κ2) is 8.11. The molecule has 0 aliphatic heterocycles.